The van der Waals surface area contributed by atoms with E-state index in [-0.39, 0.29) is 0 Å². The van der Waals surface area contributed by atoms with Gasteiger partial charge in [-0.05, 0) is 30.2 Å². The monoisotopic (exact) mass is 135 g/mol. The molecule has 0 aromatic heterocycles. The molecule has 0 fully saturated rings. The van der Waals surface area contributed by atoms with Crippen LogP contribution in [0, 0.1) is 6.92 Å². The molecule has 0 bridgehead atoms. The maximum Gasteiger partial charge on any atom is -0.0106 e. The molecule has 1 heteroatoms. The molecule has 0 amide bonds. The molecule has 2 rings (SSSR count). The van der Waals surface area contributed by atoms with Crippen molar-refractivity contribution in [2.75, 3.05) is 6.54 Å². The third-order valence-corrected chi connectivity index (χ3v) is 1.54. The van der Waals surface area contributed by atoms with Gasteiger partial charge in [-0.1, -0.05) is 25.1 Å². The van der Waals surface area contributed by atoms with Crippen LogP contribution < -0.4 is 5.73 Å². The summed E-state index contributed by atoms with van der Waals surface area (Å²) < 4.78 is 0. The molecule has 0 aromatic rings. The molecule has 0 saturated carbocycles. The van der Waals surface area contributed by atoms with Gasteiger partial charge in [0.05, 0.1) is 0 Å². The highest BCUT2D eigenvalue weighted by Gasteiger charge is 2.10. The van der Waals surface area contributed by atoms with Crippen molar-refractivity contribution >= 4 is 0 Å². The predicted octanol–water partition coefficient (Wildman–Crippen LogP) is 1.94. The fourth-order valence-corrected chi connectivity index (χ4v) is 0.981. The minimum Gasteiger partial charge on any atom is -0.331 e. The summed E-state index contributed by atoms with van der Waals surface area (Å²) >= 11 is 0. The second-order valence-corrected chi connectivity index (χ2v) is 2.44. The summed E-state index contributed by atoms with van der Waals surface area (Å²) in [6, 6.07) is 6.50. The number of benzene rings is 1. The van der Waals surface area contributed by atoms with Crippen molar-refractivity contribution in [3.63, 3.8) is 0 Å². The Morgan fingerprint density at radius 2 is 2.00 bits per heavy atom. The summed E-state index contributed by atoms with van der Waals surface area (Å²) in [5.41, 5.74) is 9.20. The van der Waals surface area contributed by atoms with Crippen molar-refractivity contribution in [2.24, 2.45) is 5.73 Å². The van der Waals surface area contributed by atoms with Crippen LogP contribution in [0.3, 0.4) is 0 Å². The van der Waals surface area contributed by atoms with Gasteiger partial charge >= 0.3 is 0 Å². The van der Waals surface area contributed by atoms with E-state index in [0.717, 1.165) is 6.54 Å². The number of aryl methyl sites for hydroxylation is 1. The first-order chi connectivity index (χ1) is 4.79. The summed E-state index contributed by atoms with van der Waals surface area (Å²) in [7, 11) is 0. The van der Waals surface area contributed by atoms with Crippen LogP contribution in [0.4, 0.5) is 0 Å². The van der Waals surface area contributed by atoms with Gasteiger partial charge in [0.2, 0.25) is 0 Å². The Balaban J connectivity index is 0.000000148. The molecule has 0 saturated heterocycles. The number of hydrogen-bond acceptors (Lipinski definition) is 1. The van der Waals surface area contributed by atoms with Crippen molar-refractivity contribution in [1.29, 1.82) is 0 Å². The zero-order valence-corrected chi connectivity index (χ0v) is 6.52. The highest BCUT2D eigenvalue weighted by atomic mass is 14.5. The van der Waals surface area contributed by atoms with Crippen molar-refractivity contribution < 1.29 is 0 Å². The molecule has 10 heavy (non-hydrogen) atoms. The van der Waals surface area contributed by atoms with Crippen molar-refractivity contribution in [2.45, 2.75) is 13.8 Å². The van der Waals surface area contributed by atoms with E-state index in [4.69, 9.17) is 5.73 Å². The van der Waals surface area contributed by atoms with Gasteiger partial charge in [-0.25, -0.2) is 0 Å². The van der Waals surface area contributed by atoms with Crippen LogP contribution in [0.2, 0.25) is 0 Å². The van der Waals surface area contributed by atoms with Crippen LogP contribution in [0.25, 0.3) is 11.1 Å². The third kappa shape index (κ3) is 1.05. The molecule has 2 N–H and O–H groups in total. The molecule has 54 valence electrons. The van der Waals surface area contributed by atoms with Crippen LogP contribution in [0.15, 0.2) is 18.2 Å². The normalized spacial score (nSPS) is 9.90. The van der Waals surface area contributed by atoms with E-state index in [1.807, 2.05) is 6.92 Å². The van der Waals surface area contributed by atoms with Gasteiger partial charge in [0.15, 0.2) is 0 Å². The summed E-state index contributed by atoms with van der Waals surface area (Å²) in [5.74, 6) is 0. The zero-order valence-electron chi connectivity index (χ0n) is 6.52. The fraction of sp³-hybridized carbons (Fsp3) is 0.333. The molecular weight excluding hydrogens is 122 g/mol. The van der Waals surface area contributed by atoms with Crippen molar-refractivity contribution in [3.05, 3.63) is 23.8 Å². The fourth-order valence-electron chi connectivity index (χ4n) is 0.981. The molecule has 0 heterocycles. The lowest BCUT2D eigenvalue weighted by Gasteiger charge is -2.17. The van der Waals surface area contributed by atoms with Crippen LogP contribution in [-0.2, 0) is 0 Å². The smallest absolute Gasteiger partial charge is 0.0106 e. The average molecular weight is 135 g/mol. The number of nitrogens with two attached hydrogens (primary N) is 1. The van der Waals surface area contributed by atoms with Gasteiger partial charge in [-0.3, -0.25) is 0 Å². The summed E-state index contributed by atoms with van der Waals surface area (Å²) in [6.07, 6.45) is 0. The topological polar surface area (TPSA) is 26.0 Å². The maximum atomic E-state index is 4.85. The second-order valence-electron chi connectivity index (χ2n) is 2.44. The lowest BCUT2D eigenvalue weighted by atomic mass is 9.88. The van der Waals surface area contributed by atoms with E-state index in [1.165, 1.54) is 16.7 Å². The molecular formula is C9H13N. The Morgan fingerprint density at radius 1 is 1.40 bits per heavy atom. The predicted molar refractivity (Wildman–Crippen MR) is 44.9 cm³/mol. The minimum atomic E-state index is 0.750. The molecule has 1 nitrogen and oxygen atoms in total. The number of fused-ring (bicyclic) bond motifs is 1. The molecule has 0 aromatic carbocycles. The summed E-state index contributed by atoms with van der Waals surface area (Å²) in [5, 5.41) is 0. The lowest BCUT2D eigenvalue weighted by Crippen LogP contribution is -1.93. The summed E-state index contributed by atoms with van der Waals surface area (Å²) in [4.78, 5) is 0. The Hall–Kier alpha value is -0.820. The van der Waals surface area contributed by atoms with E-state index in [9.17, 15) is 0 Å². The Bertz CT molecular complexity index is 228. The lowest BCUT2D eigenvalue weighted by molar-refractivity contribution is 1.14. The largest absolute Gasteiger partial charge is 0.331 e. The number of hydrogen-bond donors (Lipinski definition) is 1. The van der Waals surface area contributed by atoms with Gasteiger partial charge < -0.3 is 5.73 Å². The van der Waals surface area contributed by atoms with Crippen LogP contribution in [-0.4, -0.2) is 6.54 Å². The first-order valence-electron chi connectivity index (χ1n) is 3.60. The molecule has 0 aliphatic heterocycles. The zero-order chi connectivity index (χ0) is 7.56. The molecule has 0 atom stereocenters. The van der Waals surface area contributed by atoms with Crippen LogP contribution in [0.5, 0.6) is 0 Å². The van der Waals surface area contributed by atoms with Gasteiger partial charge in [-0.2, -0.15) is 0 Å². The highest BCUT2D eigenvalue weighted by Crippen LogP contribution is 2.35. The number of rotatable bonds is 0. The SMILES string of the molecule is CCN.Cc1cc2ccc1-2. The van der Waals surface area contributed by atoms with Gasteiger partial charge in [0, 0.05) is 0 Å². The van der Waals surface area contributed by atoms with Crippen LogP contribution in [0.1, 0.15) is 12.5 Å². The third-order valence-electron chi connectivity index (χ3n) is 1.54. The highest BCUT2D eigenvalue weighted by molar-refractivity contribution is 5.80. The van der Waals surface area contributed by atoms with E-state index in [0.29, 0.717) is 0 Å². The van der Waals surface area contributed by atoms with E-state index < -0.39 is 0 Å². The van der Waals surface area contributed by atoms with E-state index in [2.05, 4.69) is 25.1 Å². The first-order valence-corrected chi connectivity index (χ1v) is 3.60. The quantitative estimate of drug-likeness (QED) is 0.587. The molecule has 2 aliphatic carbocycles. The van der Waals surface area contributed by atoms with Crippen molar-refractivity contribution in [1.82, 2.24) is 0 Å². The van der Waals surface area contributed by atoms with Gasteiger partial charge in [0.25, 0.3) is 0 Å². The molecule has 0 spiro atoms. The Morgan fingerprint density at radius 3 is 2.00 bits per heavy atom. The standard InChI is InChI=1S/C7H6.C2H7N/c1-5-4-6-2-3-7(5)6;1-2-3/h2-4H,1H3;2-3H2,1H3. The first kappa shape index (κ1) is 7.29. The van der Waals surface area contributed by atoms with E-state index in [1.54, 1.807) is 0 Å². The Labute approximate surface area is 61.9 Å². The maximum absolute atomic E-state index is 4.85. The van der Waals surface area contributed by atoms with Crippen LogP contribution >= 0.6 is 0 Å². The van der Waals surface area contributed by atoms with Crippen molar-refractivity contribution in [3.8, 4) is 11.1 Å². The molecule has 2 aliphatic rings. The second kappa shape index (κ2) is 2.84. The van der Waals surface area contributed by atoms with Gasteiger partial charge in [0.1, 0.15) is 0 Å². The van der Waals surface area contributed by atoms with E-state index >= 15 is 0 Å². The Kier molecular flexibility index (Phi) is 2.07. The summed E-state index contributed by atoms with van der Waals surface area (Å²) in [6.45, 7) is 4.79. The molecule has 0 radical (unpaired) electrons. The van der Waals surface area contributed by atoms with Gasteiger partial charge in [-0.15, -0.1) is 0 Å². The molecule has 0 unspecified atom stereocenters. The minimum absolute atomic E-state index is 0.750. The average Bonchev–Trinajstić information content (AvgIpc) is 1.84.